The molecule has 1 aliphatic rings. The Morgan fingerprint density at radius 3 is 2.75 bits per heavy atom. The smallest absolute Gasteiger partial charge is 0.231 e. The molecule has 2 aromatic rings. The van der Waals surface area contributed by atoms with Crippen LogP contribution in [0.25, 0.3) is 0 Å². The van der Waals surface area contributed by atoms with Crippen LogP contribution in [0, 0.1) is 0 Å². The first-order chi connectivity index (χ1) is 11.7. The van der Waals surface area contributed by atoms with Crippen molar-refractivity contribution < 1.29 is 9.59 Å². The number of thioether (sulfide) groups is 1. The van der Waals surface area contributed by atoms with Crippen LogP contribution in [0.3, 0.4) is 0 Å². The summed E-state index contributed by atoms with van der Waals surface area (Å²) in [4.78, 5) is 29.4. The maximum absolute atomic E-state index is 12.1. The summed E-state index contributed by atoms with van der Waals surface area (Å²) in [7, 11) is 0. The van der Waals surface area contributed by atoms with Gasteiger partial charge in [0.2, 0.25) is 11.8 Å². The van der Waals surface area contributed by atoms with Crippen LogP contribution in [-0.2, 0) is 22.4 Å². The van der Waals surface area contributed by atoms with Gasteiger partial charge in [0.25, 0.3) is 0 Å². The van der Waals surface area contributed by atoms with E-state index in [0.29, 0.717) is 23.3 Å². The molecular formula is C16H19N3O2S3. The summed E-state index contributed by atoms with van der Waals surface area (Å²) in [5.41, 5.74) is 0.703. The number of hydrogen-bond donors (Lipinski definition) is 2. The summed E-state index contributed by atoms with van der Waals surface area (Å²) < 4.78 is 0. The van der Waals surface area contributed by atoms with Crippen molar-refractivity contribution in [1.29, 1.82) is 0 Å². The molecule has 0 bridgehead atoms. The van der Waals surface area contributed by atoms with Crippen molar-refractivity contribution in [2.24, 2.45) is 0 Å². The van der Waals surface area contributed by atoms with Crippen molar-refractivity contribution in [3.8, 4) is 0 Å². The van der Waals surface area contributed by atoms with E-state index in [2.05, 4.69) is 15.6 Å². The lowest BCUT2D eigenvalue weighted by Crippen LogP contribution is -2.38. The molecule has 2 amide bonds. The van der Waals surface area contributed by atoms with Crippen molar-refractivity contribution in [2.45, 2.75) is 31.7 Å². The van der Waals surface area contributed by atoms with Crippen molar-refractivity contribution >= 4 is 51.4 Å². The zero-order valence-electron chi connectivity index (χ0n) is 13.1. The summed E-state index contributed by atoms with van der Waals surface area (Å²) in [6, 6.07) is 4.16. The van der Waals surface area contributed by atoms with Crippen molar-refractivity contribution in [1.82, 2.24) is 10.3 Å². The highest BCUT2D eigenvalue weighted by molar-refractivity contribution is 7.99. The molecule has 0 spiro atoms. The van der Waals surface area contributed by atoms with Gasteiger partial charge in [-0.3, -0.25) is 9.59 Å². The molecule has 128 valence electrons. The number of thiophene rings is 1. The first-order valence-corrected chi connectivity index (χ1v) is 10.7. The molecule has 3 heterocycles. The number of aromatic nitrogens is 1. The fourth-order valence-corrected chi connectivity index (χ4v) is 5.00. The van der Waals surface area contributed by atoms with Gasteiger partial charge in [-0.2, -0.15) is 11.8 Å². The molecule has 1 saturated heterocycles. The zero-order chi connectivity index (χ0) is 16.8. The summed E-state index contributed by atoms with van der Waals surface area (Å²) in [5.74, 6) is 2.15. The lowest BCUT2D eigenvalue weighted by molar-refractivity contribution is -0.121. The third-order valence-electron chi connectivity index (χ3n) is 3.64. The van der Waals surface area contributed by atoms with E-state index in [4.69, 9.17) is 0 Å². The lowest BCUT2D eigenvalue weighted by Gasteiger charge is -2.22. The van der Waals surface area contributed by atoms with E-state index in [9.17, 15) is 9.59 Å². The maximum Gasteiger partial charge on any atom is 0.231 e. The average Bonchev–Trinajstić information content (AvgIpc) is 3.20. The average molecular weight is 382 g/mol. The third-order valence-corrected chi connectivity index (χ3v) is 6.37. The summed E-state index contributed by atoms with van der Waals surface area (Å²) in [6.45, 7) is 0. The summed E-state index contributed by atoms with van der Waals surface area (Å²) >= 11 is 4.85. The van der Waals surface area contributed by atoms with E-state index in [-0.39, 0.29) is 18.2 Å². The fraction of sp³-hybridized carbons (Fsp3) is 0.438. The van der Waals surface area contributed by atoms with Gasteiger partial charge in [0.05, 0.1) is 18.5 Å². The molecular weight excluding hydrogens is 362 g/mol. The number of carbonyl (C=O) groups excluding carboxylic acids is 2. The first-order valence-electron chi connectivity index (χ1n) is 7.83. The Labute approximate surface area is 153 Å². The second-order valence-corrected chi connectivity index (χ2v) is 8.69. The molecule has 24 heavy (non-hydrogen) atoms. The maximum atomic E-state index is 12.1. The Morgan fingerprint density at radius 1 is 1.17 bits per heavy atom. The second kappa shape index (κ2) is 8.64. The van der Waals surface area contributed by atoms with Crippen LogP contribution in [-0.4, -0.2) is 34.3 Å². The Morgan fingerprint density at radius 2 is 2.00 bits per heavy atom. The van der Waals surface area contributed by atoms with Gasteiger partial charge in [0.15, 0.2) is 5.13 Å². The number of amides is 2. The number of rotatable bonds is 6. The van der Waals surface area contributed by atoms with E-state index in [0.717, 1.165) is 29.2 Å². The molecule has 8 heteroatoms. The Hall–Kier alpha value is -1.38. The van der Waals surface area contributed by atoms with Gasteiger partial charge >= 0.3 is 0 Å². The van der Waals surface area contributed by atoms with E-state index < -0.39 is 0 Å². The van der Waals surface area contributed by atoms with Crippen LogP contribution >= 0.6 is 34.4 Å². The molecule has 1 aliphatic heterocycles. The van der Waals surface area contributed by atoms with Gasteiger partial charge in [-0.25, -0.2) is 4.98 Å². The van der Waals surface area contributed by atoms with Gasteiger partial charge < -0.3 is 10.6 Å². The minimum atomic E-state index is -0.0810. The quantitative estimate of drug-likeness (QED) is 0.807. The van der Waals surface area contributed by atoms with Crippen molar-refractivity contribution in [3.05, 3.63) is 33.5 Å². The molecule has 2 aromatic heterocycles. The largest absolute Gasteiger partial charge is 0.353 e. The van der Waals surface area contributed by atoms with E-state index >= 15 is 0 Å². The Bertz CT molecular complexity index is 679. The second-order valence-electron chi connectivity index (χ2n) is 5.58. The minimum absolute atomic E-state index is 0.00802. The number of thiazole rings is 1. The molecule has 3 rings (SSSR count). The summed E-state index contributed by atoms with van der Waals surface area (Å²) in [6.07, 6.45) is 2.70. The standard InChI is InChI=1S/C16H19N3O2S3/c20-14(17-11-3-6-22-7-4-11)8-12-10-24-16(18-12)19-15(21)9-13-2-1-5-23-13/h1-2,5,10-11H,3-4,6-9H2,(H,17,20)(H,18,19,21). The van der Waals surface area contributed by atoms with E-state index in [1.54, 1.807) is 11.3 Å². The van der Waals surface area contributed by atoms with Gasteiger partial charge in [-0.05, 0) is 35.8 Å². The molecule has 2 N–H and O–H groups in total. The predicted molar refractivity (Wildman–Crippen MR) is 101 cm³/mol. The van der Waals surface area contributed by atoms with Crippen molar-refractivity contribution in [3.63, 3.8) is 0 Å². The number of nitrogens with one attached hydrogen (secondary N) is 2. The van der Waals surface area contributed by atoms with Crippen LogP contribution in [0.15, 0.2) is 22.9 Å². The molecule has 1 fully saturated rings. The van der Waals surface area contributed by atoms with Crippen LogP contribution in [0.5, 0.6) is 0 Å². The highest BCUT2D eigenvalue weighted by Crippen LogP contribution is 2.19. The number of anilines is 1. The summed E-state index contributed by atoms with van der Waals surface area (Å²) in [5, 5.41) is 10.2. The highest BCUT2D eigenvalue weighted by Gasteiger charge is 2.17. The lowest BCUT2D eigenvalue weighted by atomic mass is 10.1. The monoisotopic (exact) mass is 381 g/mol. The van der Waals surface area contributed by atoms with Crippen LogP contribution < -0.4 is 10.6 Å². The molecule has 0 saturated carbocycles. The fourth-order valence-electron chi connectivity index (χ4n) is 2.47. The van der Waals surface area contributed by atoms with Crippen LogP contribution in [0.1, 0.15) is 23.4 Å². The predicted octanol–water partition coefficient (Wildman–Crippen LogP) is 2.94. The topological polar surface area (TPSA) is 71.1 Å². The number of nitrogens with zero attached hydrogens (tertiary/aromatic N) is 1. The molecule has 0 aromatic carbocycles. The van der Waals surface area contributed by atoms with E-state index in [1.165, 1.54) is 11.3 Å². The zero-order valence-corrected chi connectivity index (χ0v) is 15.6. The first kappa shape index (κ1) is 17.4. The van der Waals surface area contributed by atoms with Gasteiger partial charge in [-0.15, -0.1) is 22.7 Å². The highest BCUT2D eigenvalue weighted by atomic mass is 32.2. The van der Waals surface area contributed by atoms with Crippen LogP contribution in [0.2, 0.25) is 0 Å². The van der Waals surface area contributed by atoms with Gasteiger partial charge in [0, 0.05) is 16.3 Å². The normalized spacial score (nSPS) is 15.2. The molecule has 0 atom stereocenters. The Balaban J connectivity index is 1.46. The van der Waals surface area contributed by atoms with Gasteiger partial charge in [0.1, 0.15) is 0 Å². The molecule has 0 aliphatic carbocycles. The molecule has 0 radical (unpaired) electrons. The van der Waals surface area contributed by atoms with Crippen LogP contribution in [0.4, 0.5) is 5.13 Å². The van der Waals surface area contributed by atoms with Gasteiger partial charge in [-0.1, -0.05) is 6.07 Å². The number of hydrogen-bond acceptors (Lipinski definition) is 6. The minimum Gasteiger partial charge on any atom is -0.353 e. The van der Waals surface area contributed by atoms with Crippen molar-refractivity contribution in [2.75, 3.05) is 16.8 Å². The van der Waals surface area contributed by atoms with E-state index in [1.807, 2.05) is 34.7 Å². The number of carbonyl (C=O) groups is 2. The Kier molecular flexibility index (Phi) is 6.28. The SMILES string of the molecule is O=C(Cc1cccs1)Nc1nc(CC(=O)NC2CCSCC2)cs1. The third kappa shape index (κ3) is 5.32. The molecule has 5 nitrogen and oxygen atoms in total. The molecule has 0 unspecified atom stereocenters.